The van der Waals surface area contributed by atoms with E-state index in [0.717, 1.165) is 24.8 Å². The molecule has 0 aromatic heterocycles. The van der Waals surface area contributed by atoms with Gasteiger partial charge in [-0.2, -0.15) is 0 Å². The van der Waals surface area contributed by atoms with Crippen molar-refractivity contribution in [2.75, 3.05) is 7.11 Å². The fourth-order valence-electron chi connectivity index (χ4n) is 4.63. The Balaban J connectivity index is 1.86. The van der Waals surface area contributed by atoms with Crippen LogP contribution in [-0.2, 0) is 28.6 Å². The molecule has 162 valence electrons. The molecule has 0 radical (unpaired) electrons. The van der Waals surface area contributed by atoms with Crippen molar-refractivity contribution in [3.8, 4) is 0 Å². The Labute approximate surface area is 171 Å². The molecule has 2 aliphatic heterocycles. The van der Waals surface area contributed by atoms with Crippen LogP contribution >= 0.6 is 0 Å². The number of nitrogens with zero attached hydrogens (tertiary/aromatic N) is 1. The van der Waals surface area contributed by atoms with Crippen molar-refractivity contribution in [3.05, 3.63) is 11.3 Å². The second-order valence-electron chi connectivity index (χ2n) is 9.16. The maximum atomic E-state index is 13.0. The number of carbonyl (C=O) groups is 3. The first kappa shape index (κ1) is 21.8. The van der Waals surface area contributed by atoms with E-state index in [2.05, 4.69) is 0 Å². The normalized spacial score (nSPS) is 30.9. The van der Waals surface area contributed by atoms with Crippen LogP contribution in [0, 0.1) is 17.3 Å². The molecule has 29 heavy (non-hydrogen) atoms. The van der Waals surface area contributed by atoms with Crippen LogP contribution in [-0.4, -0.2) is 59.5 Å². The van der Waals surface area contributed by atoms with Crippen LogP contribution in [0.4, 0.5) is 0 Å². The van der Waals surface area contributed by atoms with Gasteiger partial charge in [0.1, 0.15) is 5.70 Å². The van der Waals surface area contributed by atoms with Crippen molar-refractivity contribution in [2.24, 2.45) is 17.3 Å². The Kier molecular flexibility index (Phi) is 5.80. The molecule has 1 N–H and O–H groups in total. The minimum atomic E-state index is -1.09. The molecule has 3 aliphatic rings. The van der Waals surface area contributed by atoms with E-state index in [1.807, 2.05) is 0 Å². The van der Waals surface area contributed by atoms with Crippen molar-refractivity contribution < 1.29 is 33.7 Å². The number of β-lactam (4-membered cyclic amide) rings is 1. The molecule has 2 heterocycles. The standard InChI is InChI=1S/C21H31NO7/c1-10(23)14-16-12-8-7-9-13(27-6)15(12)17(22(16)18(14)24)19(25)28-11(2)29-20(26)21(3,4)5/h10-14,16,23H,7-9H2,1-6H3/t10?,11?,12-,13-,14+,16+/m0/s1. The van der Waals surface area contributed by atoms with Crippen LogP contribution in [0.3, 0.4) is 0 Å². The fraction of sp³-hybridized carbons (Fsp3) is 0.762. The summed E-state index contributed by atoms with van der Waals surface area (Å²) in [4.78, 5) is 39.3. The molecule has 1 saturated heterocycles. The summed E-state index contributed by atoms with van der Waals surface area (Å²) in [6, 6.07) is -0.259. The number of carbonyl (C=O) groups excluding carboxylic acids is 3. The second kappa shape index (κ2) is 7.72. The molecule has 0 bridgehead atoms. The van der Waals surface area contributed by atoms with E-state index in [1.165, 1.54) is 11.8 Å². The number of hydrogen-bond acceptors (Lipinski definition) is 7. The first-order valence-corrected chi connectivity index (χ1v) is 10.2. The lowest BCUT2D eigenvalue weighted by Gasteiger charge is -2.47. The summed E-state index contributed by atoms with van der Waals surface area (Å²) < 4.78 is 16.2. The summed E-state index contributed by atoms with van der Waals surface area (Å²) in [6.45, 7) is 8.20. The highest BCUT2D eigenvalue weighted by atomic mass is 16.7. The first-order chi connectivity index (χ1) is 13.5. The van der Waals surface area contributed by atoms with E-state index in [4.69, 9.17) is 14.2 Å². The first-order valence-electron chi connectivity index (χ1n) is 10.2. The average molecular weight is 409 g/mol. The Bertz CT molecular complexity index is 736. The highest BCUT2D eigenvalue weighted by Crippen LogP contribution is 2.52. The number of aliphatic hydroxyl groups excluding tert-OH is 1. The van der Waals surface area contributed by atoms with E-state index in [9.17, 15) is 19.5 Å². The minimum Gasteiger partial charge on any atom is -0.425 e. The summed E-state index contributed by atoms with van der Waals surface area (Å²) >= 11 is 0. The summed E-state index contributed by atoms with van der Waals surface area (Å²) in [6.07, 6.45) is 0.319. The van der Waals surface area contributed by atoms with Crippen molar-refractivity contribution in [3.63, 3.8) is 0 Å². The van der Waals surface area contributed by atoms with Crippen molar-refractivity contribution >= 4 is 17.8 Å². The van der Waals surface area contributed by atoms with Crippen LogP contribution in [0.1, 0.15) is 53.9 Å². The van der Waals surface area contributed by atoms with Gasteiger partial charge < -0.3 is 24.2 Å². The van der Waals surface area contributed by atoms with Crippen LogP contribution in [0.25, 0.3) is 0 Å². The zero-order valence-corrected chi connectivity index (χ0v) is 17.9. The van der Waals surface area contributed by atoms with Gasteiger partial charge in [-0.05, 0) is 52.5 Å². The second-order valence-corrected chi connectivity index (χ2v) is 9.16. The van der Waals surface area contributed by atoms with Gasteiger partial charge in [-0.15, -0.1) is 0 Å². The molecule has 8 heteroatoms. The maximum Gasteiger partial charge on any atom is 0.358 e. The zero-order valence-electron chi connectivity index (χ0n) is 17.9. The van der Waals surface area contributed by atoms with Crippen molar-refractivity contribution in [1.29, 1.82) is 0 Å². The SMILES string of the molecule is CO[C@H]1CCC[C@H]2C1=C(C(=O)OC(C)OC(=O)C(C)(C)C)N1C(=O)[C@H](C(C)O)[C@@H]21. The fourth-order valence-corrected chi connectivity index (χ4v) is 4.63. The lowest BCUT2D eigenvalue weighted by atomic mass is 9.72. The quantitative estimate of drug-likeness (QED) is 0.419. The third-order valence-electron chi connectivity index (χ3n) is 6.00. The molecule has 2 unspecified atom stereocenters. The molecule has 0 aromatic carbocycles. The van der Waals surface area contributed by atoms with E-state index in [1.54, 1.807) is 34.8 Å². The number of ether oxygens (including phenoxy) is 3. The van der Waals surface area contributed by atoms with Crippen LogP contribution in [0.2, 0.25) is 0 Å². The third kappa shape index (κ3) is 3.68. The molecule has 1 amide bonds. The van der Waals surface area contributed by atoms with Crippen LogP contribution in [0.5, 0.6) is 0 Å². The number of aliphatic hydroxyl groups is 1. The Morgan fingerprint density at radius 3 is 2.38 bits per heavy atom. The number of amides is 1. The predicted molar refractivity (Wildman–Crippen MR) is 102 cm³/mol. The molecule has 0 aromatic rings. The summed E-state index contributed by atoms with van der Waals surface area (Å²) in [5, 5.41) is 10.1. The lowest BCUT2D eigenvalue weighted by molar-refractivity contribution is -0.191. The van der Waals surface area contributed by atoms with Gasteiger partial charge in [-0.3, -0.25) is 9.59 Å². The van der Waals surface area contributed by atoms with Gasteiger partial charge in [-0.1, -0.05) is 0 Å². The molecule has 1 saturated carbocycles. The molecular weight excluding hydrogens is 378 g/mol. The van der Waals surface area contributed by atoms with E-state index in [-0.39, 0.29) is 29.7 Å². The van der Waals surface area contributed by atoms with Gasteiger partial charge in [0.25, 0.3) is 0 Å². The largest absolute Gasteiger partial charge is 0.425 e. The zero-order chi connectivity index (χ0) is 21.7. The minimum absolute atomic E-state index is 0.0408. The molecule has 2 fully saturated rings. The van der Waals surface area contributed by atoms with Gasteiger partial charge in [0.15, 0.2) is 0 Å². The van der Waals surface area contributed by atoms with Gasteiger partial charge in [0.05, 0.1) is 29.6 Å². The number of fused-ring (bicyclic) bond motifs is 3. The molecule has 0 spiro atoms. The van der Waals surface area contributed by atoms with Gasteiger partial charge in [-0.25, -0.2) is 4.79 Å². The third-order valence-corrected chi connectivity index (χ3v) is 6.00. The van der Waals surface area contributed by atoms with Crippen LogP contribution < -0.4 is 0 Å². The van der Waals surface area contributed by atoms with Crippen LogP contribution in [0.15, 0.2) is 11.3 Å². The Hall–Kier alpha value is -1.93. The van der Waals surface area contributed by atoms with Crippen molar-refractivity contribution in [1.82, 2.24) is 4.90 Å². The Morgan fingerprint density at radius 2 is 1.83 bits per heavy atom. The van der Waals surface area contributed by atoms with Gasteiger partial charge in [0.2, 0.25) is 12.2 Å². The van der Waals surface area contributed by atoms with Gasteiger partial charge in [0, 0.05) is 20.0 Å². The summed E-state index contributed by atoms with van der Waals surface area (Å²) in [5.74, 6) is -2.05. The lowest BCUT2D eigenvalue weighted by Crippen LogP contribution is -2.64. The molecule has 1 aliphatic carbocycles. The topological polar surface area (TPSA) is 102 Å². The van der Waals surface area contributed by atoms with E-state index < -0.39 is 35.7 Å². The smallest absolute Gasteiger partial charge is 0.358 e. The molecule has 6 atom stereocenters. The number of rotatable bonds is 5. The molecule has 3 rings (SSSR count). The Morgan fingerprint density at radius 1 is 1.17 bits per heavy atom. The summed E-state index contributed by atoms with van der Waals surface area (Å²) in [5.41, 5.74) is 0.223. The summed E-state index contributed by atoms with van der Waals surface area (Å²) in [7, 11) is 1.58. The highest BCUT2D eigenvalue weighted by Gasteiger charge is 2.62. The maximum absolute atomic E-state index is 13.0. The number of esters is 2. The molecule has 8 nitrogen and oxygen atoms in total. The van der Waals surface area contributed by atoms with E-state index >= 15 is 0 Å². The monoisotopic (exact) mass is 409 g/mol. The van der Waals surface area contributed by atoms with E-state index in [0.29, 0.717) is 0 Å². The van der Waals surface area contributed by atoms with Gasteiger partial charge >= 0.3 is 11.9 Å². The number of methoxy groups -OCH3 is 1. The number of hydrogen-bond donors (Lipinski definition) is 1. The highest BCUT2D eigenvalue weighted by molar-refractivity contribution is 6.01. The molecular formula is C21H31NO7. The predicted octanol–water partition coefficient (Wildman–Crippen LogP) is 1.76. The van der Waals surface area contributed by atoms with Crippen molar-refractivity contribution in [2.45, 2.75) is 78.4 Å². The average Bonchev–Trinajstić information content (AvgIpc) is 2.91.